The Bertz CT molecular complexity index is 433. The first kappa shape index (κ1) is 11.0. The highest BCUT2D eigenvalue weighted by molar-refractivity contribution is 5.19. The maximum Gasteiger partial charge on any atom is 0.108 e. The predicted molar refractivity (Wildman–Crippen MR) is 65.3 cm³/mol. The normalized spacial score (nSPS) is 12.6. The van der Waals surface area contributed by atoms with Gasteiger partial charge >= 0.3 is 0 Å². The lowest BCUT2D eigenvalue weighted by Gasteiger charge is -2.10. The molecule has 0 saturated carbocycles. The van der Waals surface area contributed by atoms with Crippen molar-refractivity contribution in [3.8, 4) is 0 Å². The van der Waals surface area contributed by atoms with Gasteiger partial charge in [-0.1, -0.05) is 30.3 Å². The number of hydrogen-bond donors (Lipinski definition) is 1. The largest absolute Gasteiger partial charge is 0.469 e. The number of aryl methyl sites for hydroxylation is 1. The molecule has 84 valence electrons. The van der Waals surface area contributed by atoms with Crippen molar-refractivity contribution in [2.24, 2.45) is 5.73 Å². The van der Waals surface area contributed by atoms with Gasteiger partial charge in [-0.2, -0.15) is 0 Å². The van der Waals surface area contributed by atoms with E-state index in [9.17, 15) is 0 Å². The van der Waals surface area contributed by atoms with E-state index >= 15 is 0 Å². The van der Waals surface area contributed by atoms with Crippen molar-refractivity contribution in [1.82, 2.24) is 0 Å². The number of rotatable bonds is 4. The minimum absolute atomic E-state index is 0.118. The quantitative estimate of drug-likeness (QED) is 0.851. The Morgan fingerprint density at radius 2 is 1.88 bits per heavy atom. The first-order valence-electron chi connectivity index (χ1n) is 5.58. The maximum absolute atomic E-state index is 6.11. The Balaban J connectivity index is 1.95. The summed E-state index contributed by atoms with van der Waals surface area (Å²) in [5.74, 6) is 1.00. The lowest BCUT2D eigenvalue weighted by molar-refractivity contribution is 0.480. The highest BCUT2D eigenvalue weighted by Gasteiger charge is 2.09. The molecular weight excluding hydrogens is 198 g/mol. The molecular formula is C14H17NO. The van der Waals surface area contributed by atoms with Crippen LogP contribution >= 0.6 is 0 Å². The van der Waals surface area contributed by atoms with Gasteiger partial charge in [0.25, 0.3) is 0 Å². The number of nitrogens with two attached hydrogens (primary N) is 1. The van der Waals surface area contributed by atoms with E-state index in [1.807, 2.05) is 31.2 Å². The highest BCUT2D eigenvalue weighted by Crippen LogP contribution is 2.12. The molecule has 1 aromatic carbocycles. The van der Waals surface area contributed by atoms with Crippen LogP contribution in [0, 0.1) is 6.92 Å². The average molecular weight is 215 g/mol. The fraction of sp³-hybridized carbons (Fsp3) is 0.286. The van der Waals surface area contributed by atoms with Gasteiger partial charge in [-0.05, 0) is 30.5 Å². The summed E-state index contributed by atoms with van der Waals surface area (Å²) in [4.78, 5) is 0. The summed E-state index contributed by atoms with van der Waals surface area (Å²) in [6, 6.07) is 12.4. The molecule has 1 aromatic heterocycles. The van der Waals surface area contributed by atoms with Gasteiger partial charge in [0.2, 0.25) is 0 Å². The van der Waals surface area contributed by atoms with Crippen molar-refractivity contribution < 1.29 is 4.42 Å². The zero-order chi connectivity index (χ0) is 11.4. The van der Waals surface area contributed by atoms with Gasteiger partial charge in [-0.25, -0.2) is 0 Å². The van der Waals surface area contributed by atoms with Crippen LogP contribution in [0.25, 0.3) is 0 Å². The molecule has 0 amide bonds. The van der Waals surface area contributed by atoms with Crippen LogP contribution in [0.2, 0.25) is 0 Å². The van der Waals surface area contributed by atoms with E-state index in [-0.39, 0.29) is 6.04 Å². The Morgan fingerprint density at radius 3 is 2.50 bits per heavy atom. The van der Waals surface area contributed by atoms with Crippen molar-refractivity contribution >= 4 is 0 Å². The molecule has 0 bridgehead atoms. The Morgan fingerprint density at radius 1 is 1.12 bits per heavy atom. The number of hydrogen-bond acceptors (Lipinski definition) is 2. The van der Waals surface area contributed by atoms with Crippen molar-refractivity contribution in [2.45, 2.75) is 25.8 Å². The molecule has 2 rings (SSSR count). The Labute approximate surface area is 96.1 Å². The average Bonchev–Trinajstić information content (AvgIpc) is 2.66. The monoisotopic (exact) mass is 215 g/mol. The first-order chi connectivity index (χ1) is 7.75. The second-order valence-corrected chi connectivity index (χ2v) is 4.18. The third kappa shape index (κ3) is 2.74. The standard InChI is InChI=1S/C14H17NO/c1-11-7-8-16-14(11)10-13(15)9-12-5-3-2-4-6-12/h2-8,13H,9-10,15H2,1H3. The maximum atomic E-state index is 6.11. The molecule has 16 heavy (non-hydrogen) atoms. The van der Waals surface area contributed by atoms with E-state index in [1.165, 1.54) is 11.1 Å². The summed E-state index contributed by atoms with van der Waals surface area (Å²) in [6.07, 6.45) is 3.41. The van der Waals surface area contributed by atoms with E-state index in [0.29, 0.717) is 0 Å². The Kier molecular flexibility index (Phi) is 3.42. The lowest BCUT2D eigenvalue weighted by atomic mass is 10.0. The highest BCUT2D eigenvalue weighted by atomic mass is 16.3. The summed E-state index contributed by atoms with van der Waals surface area (Å²) < 4.78 is 5.39. The summed E-state index contributed by atoms with van der Waals surface area (Å²) in [6.45, 7) is 2.05. The SMILES string of the molecule is Cc1ccoc1CC(N)Cc1ccccc1. The first-order valence-corrected chi connectivity index (χ1v) is 5.58. The van der Waals surface area contributed by atoms with E-state index < -0.39 is 0 Å². The molecule has 2 aromatic rings. The van der Waals surface area contributed by atoms with Crippen molar-refractivity contribution in [2.75, 3.05) is 0 Å². The Hall–Kier alpha value is -1.54. The molecule has 1 heterocycles. The van der Waals surface area contributed by atoms with Crippen molar-refractivity contribution in [3.05, 3.63) is 59.5 Å². The van der Waals surface area contributed by atoms with Crippen LogP contribution in [-0.2, 0) is 12.8 Å². The van der Waals surface area contributed by atoms with Gasteiger partial charge < -0.3 is 10.2 Å². The topological polar surface area (TPSA) is 39.2 Å². The molecule has 1 unspecified atom stereocenters. The fourth-order valence-electron chi connectivity index (χ4n) is 1.84. The second kappa shape index (κ2) is 4.99. The molecule has 0 aliphatic carbocycles. The summed E-state index contributed by atoms with van der Waals surface area (Å²) in [5.41, 5.74) is 8.57. The van der Waals surface area contributed by atoms with Gasteiger partial charge in [-0.15, -0.1) is 0 Å². The van der Waals surface area contributed by atoms with Crippen LogP contribution in [0.4, 0.5) is 0 Å². The van der Waals surface area contributed by atoms with Crippen molar-refractivity contribution in [1.29, 1.82) is 0 Å². The fourth-order valence-corrected chi connectivity index (χ4v) is 1.84. The lowest BCUT2D eigenvalue weighted by Crippen LogP contribution is -2.25. The van der Waals surface area contributed by atoms with Gasteiger partial charge in [0, 0.05) is 12.5 Å². The molecule has 0 spiro atoms. The molecule has 2 nitrogen and oxygen atoms in total. The summed E-state index contributed by atoms with van der Waals surface area (Å²) >= 11 is 0. The zero-order valence-electron chi connectivity index (χ0n) is 9.52. The molecule has 0 aliphatic rings. The van der Waals surface area contributed by atoms with Gasteiger partial charge in [0.1, 0.15) is 5.76 Å². The molecule has 2 heteroatoms. The zero-order valence-corrected chi connectivity index (χ0v) is 9.52. The number of furan rings is 1. The minimum atomic E-state index is 0.118. The van der Waals surface area contributed by atoms with E-state index in [2.05, 4.69) is 12.1 Å². The van der Waals surface area contributed by atoms with Gasteiger partial charge in [0.15, 0.2) is 0 Å². The molecule has 0 radical (unpaired) electrons. The second-order valence-electron chi connectivity index (χ2n) is 4.18. The van der Waals surface area contributed by atoms with Crippen LogP contribution in [-0.4, -0.2) is 6.04 Å². The van der Waals surface area contributed by atoms with Crippen LogP contribution in [0.1, 0.15) is 16.9 Å². The van der Waals surface area contributed by atoms with Crippen LogP contribution in [0.3, 0.4) is 0 Å². The van der Waals surface area contributed by atoms with E-state index in [0.717, 1.165) is 18.6 Å². The third-order valence-corrected chi connectivity index (χ3v) is 2.76. The number of benzene rings is 1. The van der Waals surface area contributed by atoms with Gasteiger partial charge in [0.05, 0.1) is 6.26 Å². The van der Waals surface area contributed by atoms with E-state index in [4.69, 9.17) is 10.2 Å². The van der Waals surface area contributed by atoms with Crippen LogP contribution in [0.15, 0.2) is 47.1 Å². The van der Waals surface area contributed by atoms with Crippen molar-refractivity contribution in [3.63, 3.8) is 0 Å². The molecule has 2 N–H and O–H groups in total. The summed E-state index contributed by atoms with van der Waals surface area (Å²) in [5, 5.41) is 0. The van der Waals surface area contributed by atoms with E-state index in [1.54, 1.807) is 6.26 Å². The summed E-state index contributed by atoms with van der Waals surface area (Å²) in [7, 11) is 0. The predicted octanol–water partition coefficient (Wildman–Crippen LogP) is 2.70. The molecule has 0 aliphatic heterocycles. The van der Waals surface area contributed by atoms with Gasteiger partial charge in [-0.3, -0.25) is 0 Å². The smallest absolute Gasteiger partial charge is 0.108 e. The molecule has 0 fully saturated rings. The molecule has 0 saturated heterocycles. The van der Waals surface area contributed by atoms with Crippen LogP contribution in [0.5, 0.6) is 0 Å². The third-order valence-electron chi connectivity index (χ3n) is 2.76. The molecule has 1 atom stereocenters. The van der Waals surface area contributed by atoms with Crippen LogP contribution < -0.4 is 5.73 Å². The minimum Gasteiger partial charge on any atom is -0.469 e.